The van der Waals surface area contributed by atoms with E-state index >= 15 is 0 Å². The molecule has 1 aliphatic carbocycles. The van der Waals surface area contributed by atoms with Gasteiger partial charge in [0.25, 0.3) is 0 Å². The van der Waals surface area contributed by atoms with Gasteiger partial charge < -0.3 is 11.5 Å². The van der Waals surface area contributed by atoms with Crippen molar-refractivity contribution in [1.29, 1.82) is 0 Å². The average molecular weight is 302 g/mol. The van der Waals surface area contributed by atoms with Gasteiger partial charge in [0.1, 0.15) is 0 Å². The zero-order valence-electron chi connectivity index (χ0n) is 13.9. The van der Waals surface area contributed by atoms with Crippen LogP contribution in [-0.4, -0.2) is 11.8 Å². The lowest BCUT2D eigenvalue weighted by molar-refractivity contribution is -0.127. The summed E-state index contributed by atoms with van der Waals surface area (Å²) in [5, 5.41) is 0. The number of carbonyl (C=O) groups is 2. The van der Waals surface area contributed by atoms with Gasteiger partial charge in [-0.2, -0.15) is 0 Å². The average Bonchev–Trinajstić information content (AvgIpc) is 2.41. The van der Waals surface area contributed by atoms with E-state index in [1.165, 1.54) is 0 Å². The molecule has 0 aliphatic heterocycles. The Morgan fingerprint density at radius 2 is 1.82 bits per heavy atom. The van der Waals surface area contributed by atoms with Crippen molar-refractivity contribution in [2.75, 3.05) is 0 Å². The van der Waals surface area contributed by atoms with Crippen molar-refractivity contribution >= 4 is 11.8 Å². The molecule has 22 heavy (non-hydrogen) atoms. The molecule has 0 radical (unpaired) electrons. The molecule has 1 aliphatic rings. The van der Waals surface area contributed by atoms with E-state index in [-0.39, 0.29) is 11.8 Å². The summed E-state index contributed by atoms with van der Waals surface area (Å²) in [5.74, 6) is -0.380. The Morgan fingerprint density at radius 3 is 2.36 bits per heavy atom. The highest BCUT2D eigenvalue weighted by Gasteiger charge is 2.49. The smallest absolute Gasteiger partial charge is 0.249 e. The maximum Gasteiger partial charge on any atom is 0.249 e. The number of rotatable bonds is 3. The molecule has 0 saturated heterocycles. The van der Waals surface area contributed by atoms with Gasteiger partial charge in [-0.1, -0.05) is 38.3 Å². The third-order valence-corrected chi connectivity index (χ3v) is 5.49. The summed E-state index contributed by atoms with van der Waals surface area (Å²) in [5.41, 5.74) is 13.8. The van der Waals surface area contributed by atoms with E-state index in [4.69, 9.17) is 11.5 Å². The van der Waals surface area contributed by atoms with Gasteiger partial charge in [0, 0.05) is 5.56 Å². The van der Waals surface area contributed by atoms with Crippen LogP contribution in [0.25, 0.3) is 0 Å². The molecule has 0 bridgehead atoms. The van der Waals surface area contributed by atoms with Crippen molar-refractivity contribution in [2.45, 2.75) is 52.4 Å². The SMILES string of the molecule is Cc1cc(C)c(C2(C(N)=O)CCCC(C)C2C)c(C(N)=O)c1. The second kappa shape index (κ2) is 5.75. The van der Waals surface area contributed by atoms with E-state index in [9.17, 15) is 9.59 Å². The van der Waals surface area contributed by atoms with Gasteiger partial charge in [0.05, 0.1) is 5.41 Å². The molecule has 4 heteroatoms. The van der Waals surface area contributed by atoms with Crippen molar-refractivity contribution in [3.05, 3.63) is 34.4 Å². The van der Waals surface area contributed by atoms with Gasteiger partial charge in [-0.15, -0.1) is 0 Å². The van der Waals surface area contributed by atoms with Gasteiger partial charge in [-0.05, 0) is 49.3 Å². The molecule has 0 aromatic heterocycles. The fourth-order valence-corrected chi connectivity index (χ4v) is 4.24. The summed E-state index contributed by atoms with van der Waals surface area (Å²) in [6.45, 7) is 8.08. The molecule has 1 saturated carbocycles. The minimum absolute atomic E-state index is 0.0817. The number of hydrogen-bond acceptors (Lipinski definition) is 2. The van der Waals surface area contributed by atoms with Crippen molar-refractivity contribution in [1.82, 2.24) is 0 Å². The number of hydrogen-bond donors (Lipinski definition) is 2. The molecule has 0 spiro atoms. The minimum atomic E-state index is -0.806. The van der Waals surface area contributed by atoms with Crippen LogP contribution in [0.3, 0.4) is 0 Å². The van der Waals surface area contributed by atoms with Gasteiger partial charge >= 0.3 is 0 Å². The van der Waals surface area contributed by atoms with Crippen LogP contribution in [0.4, 0.5) is 0 Å². The first-order valence-electron chi connectivity index (χ1n) is 7.93. The Labute approximate surface area is 132 Å². The Kier molecular flexibility index (Phi) is 4.32. The van der Waals surface area contributed by atoms with Crippen molar-refractivity contribution in [2.24, 2.45) is 23.3 Å². The molecular weight excluding hydrogens is 276 g/mol. The van der Waals surface area contributed by atoms with Crippen molar-refractivity contribution < 1.29 is 9.59 Å². The minimum Gasteiger partial charge on any atom is -0.369 e. The molecule has 2 amide bonds. The summed E-state index contributed by atoms with van der Waals surface area (Å²) >= 11 is 0. The number of amides is 2. The number of aryl methyl sites for hydroxylation is 2. The lowest BCUT2D eigenvalue weighted by Crippen LogP contribution is -2.51. The zero-order chi connectivity index (χ0) is 16.7. The molecule has 3 unspecified atom stereocenters. The predicted octanol–water partition coefficient (Wildman–Crippen LogP) is 2.58. The van der Waals surface area contributed by atoms with Gasteiger partial charge in [-0.3, -0.25) is 9.59 Å². The van der Waals surface area contributed by atoms with Crippen LogP contribution < -0.4 is 11.5 Å². The number of primary amides is 2. The summed E-state index contributed by atoms with van der Waals surface area (Å²) in [6.07, 6.45) is 2.69. The Hall–Kier alpha value is -1.84. The monoisotopic (exact) mass is 302 g/mol. The van der Waals surface area contributed by atoms with Crippen LogP contribution in [-0.2, 0) is 10.2 Å². The van der Waals surface area contributed by atoms with Crippen LogP contribution in [0.1, 0.15) is 60.2 Å². The molecule has 1 aromatic carbocycles. The Bertz CT molecular complexity index is 624. The summed E-state index contributed by atoms with van der Waals surface area (Å²) in [7, 11) is 0. The molecule has 4 nitrogen and oxygen atoms in total. The highest BCUT2D eigenvalue weighted by atomic mass is 16.1. The third-order valence-electron chi connectivity index (χ3n) is 5.49. The highest BCUT2D eigenvalue weighted by Crippen LogP contribution is 2.48. The van der Waals surface area contributed by atoms with Crippen LogP contribution >= 0.6 is 0 Å². The van der Waals surface area contributed by atoms with Crippen LogP contribution in [0.15, 0.2) is 12.1 Å². The summed E-state index contributed by atoms with van der Waals surface area (Å²) in [6, 6.07) is 3.78. The normalized spacial score (nSPS) is 28.4. The second-order valence-electron chi connectivity index (χ2n) is 6.86. The van der Waals surface area contributed by atoms with Gasteiger partial charge in [0.15, 0.2) is 0 Å². The highest BCUT2D eigenvalue weighted by molar-refractivity contribution is 5.99. The molecule has 1 aromatic rings. The second-order valence-corrected chi connectivity index (χ2v) is 6.86. The van der Waals surface area contributed by atoms with Crippen LogP contribution in [0, 0.1) is 25.7 Å². The van der Waals surface area contributed by atoms with Crippen molar-refractivity contribution in [3.8, 4) is 0 Å². The van der Waals surface area contributed by atoms with E-state index in [0.29, 0.717) is 17.9 Å². The van der Waals surface area contributed by atoms with E-state index < -0.39 is 11.3 Å². The van der Waals surface area contributed by atoms with Gasteiger partial charge in [-0.25, -0.2) is 0 Å². The largest absolute Gasteiger partial charge is 0.369 e. The number of nitrogens with two attached hydrogens (primary N) is 2. The summed E-state index contributed by atoms with van der Waals surface area (Å²) in [4.78, 5) is 24.5. The van der Waals surface area contributed by atoms with Crippen molar-refractivity contribution in [3.63, 3.8) is 0 Å². The number of carbonyl (C=O) groups excluding carboxylic acids is 2. The first-order chi connectivity index (χ1) is 10.2. The maximum absolute atomic E-state index is 12.5. The molecular formula is C18H26N2O2. The Morgan fingerprint density at radius 1 is 1.18 bits per heavy atom. The fraction of sp³-hybridized carbons (Fsp3) is 0.556. The van der Waals surface area contributed by atoms with E-state index in [1.807, 2.05) is 19.9 Å². The predicted molar refractivity (Wildman–Crippen MR) is 87.5 cm³/mol. The first kappa shape index (κ1) is 16.5. The molecule has 0 heterocycles. The van der Waals surface area contributed by atoms with Gasteiger partial charge in [0.2, 0.25) is 11.8 Å². The van der Waals surface area contributed by atoms with Crippen LogP contribution in [0.5, 0.6) is 0 Å². The molecule has 1 fully saturated rings. The summed E-state index contributed by atoms with van der Waals surface area (Å²) < 4.78 is 0. The third kappa shape index (κ3) is 2.40. The Balaban J connectivity index is 2.79. The van der Waals surface area contributed by atoms with E-state index in [0.717, 1.165) is 29.5 Å². The molecule has 3 atom stereocenters. The first-order valence-corrected chi connectivity index (χ1v) is 7.93. The lowest BCUT2D eigenvalue weighted by Gasteiger charge is -2.45. The standard InChI is InChI=1S/C18H26N2O2/c1-10-8-12(3)15(14(9-10)16(19)21)18(17(20)22)7-5-6-11(2)13(18)4/h8-9,11,13H,5-7H2,1-4H3,(H2,19,21)(H2,20,22). The van der Waals surface area contributed by atoms with Crippen LogP contribution in [0.2, 0.25) is 0 Å². The molecule has 120 valence electrons. The quantitative estimate of drug-likeness (QED) is 0.899. The molecule has 4 N–H and O–H groups in total. The number of benzene rings is 1. The van der Waals surface area contributed by atoms with E-state index in [2.05, 4.69) is 13.8 Å². The molecule has 2 rings (SSSR count). The topological polar surface area (TPSA) is 86.2 Å². The van der Waals surface area contributed by atoms with E-state index in [1.54, 1.807) is 6.07 Å². The maximum atomic E-state index is 12.5. The zero-order valence-corrected chi connectivity index (χ0v) is 13.9. The fourth-order valence-electron chi connectivity index (χ4n) is 4.24. The lowest BCUT2D eigenvalue weighted by atomic mass is 9.57.